The van der Waals surface area contributed by atoms with Crippen LogP contribution in [0.15, 0.2) is 24.3 Å². The summed E-state index contributed by atoms with van der Waals surface area (Å²) in [6.07, 6.45) is 76.6. The average Bonchev–Trinajstić information content (AvgIpc) is 3.38. The fraction of sp³-hybridized carbons (Fsp3) is 0.909. The lowest BCUT2D eigenvalue weighted by atomic mass is 10.0. The molecule has 0 aromatic heterocycles. The predicted octanol–water partition coefficient (Wildman–Crippen LogP) is 20.6. The molecule has 0 saturated carbocycles. The Balaban J connectivity index is 3.40. The van der Waals surface area contributed by atoms with E-state index in [0.29, 0.717) is 19.4 Å². The molecule has 72 heavy (non-hydrogen) atoms. The Morgan fingerprint density at radius 2 is 0.667 bits per heavy atom. The van der Waals surface area contributed by atoms with E-state index in [4.69, 9.17) is 4.74 Å². The first kappa shape index (κ1) is 70.3. The summed E-state index contributed by atoms with van der Waals surface area (Å²) in [5.41, 5.74) is 0. The minimum atomic E-state index is -0.844. The minimum absolute atomic E-state index is 0.00428. The summed E-state index contributed by atoms with van der Waals surface area (Å²) in [6.45, 7) is 4.89. The molecule has 0 rings (SSSR count). The number of nitrogens with one attached hydrogen (secondary N) is 1. The number of aliphatic hydroxyl groups excluding tert-OH is 2. The first-order valence-corrected chi connectivity index (χ1v) is 32.6. The number of ether oxygens (including phenoxy) is 1. The molecule has 0 fully saturated rings. The molecule has 0 heterocycles. The summed E-state index contributed by atoms with van der Waals surface area (Å²) < 4.78 is 5.46. The molecule has 0 radical (unpaired) electrons. The summed E-state index contributed by atoms with van der Waals surface area (Å²) in [6, 6.07) is -0.627. The number of allylic oxidation sites excluding steroid dienone is 3. The van der Waals surface area contributed by atoms with E-state index < -0.39 is 12.1 Å². The highest BCUT2D eigenvalue weighted by Crippen LogP contribution is 2.18. The van der Waals surface area contributed by atoms with E-state index in [1.807, 2.05) is 6.08 Å². The van der Waals surface area contributed by atoms with Crippen LogP contribution in [0.2, 0.25) is 0 Å². The molecule has 2 atom stereocenters. The molecule has 3 N–H and O–H groups in total. The molecule has 0 aromatic rings. The van der Waals surface area contributed by atoms with E-state index in [2.05, 4.69) is 31.3 Å². The SMILES string of the molecule is CCCC/C=C\CCCCCCCC(=O)OCCCCCCCCCCCCCCCCCCCCCCCCCCC(=O)NC(CO)C(O)/C=C/CCCCCCCCCCCCCCCCCCCC. The van der Waals surface area contributed by atoms with Crippen LogP contribution in [0.4, 0.5) is 0 Å². The number of aliphatic hydroxyl groups is 2. The van der Waals surface area contributed by atoms with E-state index in [1.54, 1.807) is 6.08 Å². The molecule has 0 aromatic carbocycles. The lowest BCUT2D eigenvalue weighted by molar-refractivity contribution is -0.143. The third kappa shape index (κ3) is 57.6. The van der Waals surface area contributed by atoms with Gasteiger partial charge in [0.2, 0.25) is 5.91 Å². The van der Waals surface area contributed by atoms with Gasteiger partial charge in [0.15, 0.2) is 0 Å². The van der Waals surface area contributed by atoms with Crippen molar-refractivity contribution >= 4 is 11.9 Å². The van der Waals surface area contributed by atoms with Crippen molar-refractivity contribution in [1.82, 2.24) is 5.32 Å². The zero-order valence-corrected chi connectivity index (χ0v) is 48.7. The number of amides is 1. The van der Waals surface area contributed by atoms with E-state index in [9.17, 15) is 19.8 Å². The number of hydrogen-bond donors (Lipinski definition) is 3. The lowest BCUT2D eigenvalue weighted by Crippen LogP contribution is -2.45. The average molecular weight is 1010 g/mol. The van der Waals surface area contributed by atoms with Crippen LogP contribution < -0.4 is 5.32 Å². The van der Waals surface area contributed by atoms with Crippen molar-refractivity contribution in [3.05, 3.63) is 24.3 Å². The highest BCUT2D eigenvalue weighted by Gasteiger charge is 2.18. The lowest BCUT2D eigenvalue weighted by Gasteiger charge is -2.20. The highest BCUT2D eigenvalue weighted by molar-refractivity contribution is 5.76. The molecular formula is C66H127NO5. The van der Waals surface area contributed by atoms with Crippen molar-refractivity contribution in [2.24, 2.45) is 0 Å². The van der Waals surface area contributed by atoms with Crippen LogP contribution in [0, 0.1) is 0 Å². The van der Waals surface area contributed by atoms with Gasteiger partial charge < -0.3 is 20.3 Å². The van der Waals surface area contributed by atoms with Crippen LogP contribution in [-0.4, -0.2) is 47.4 Å². The fourth-order valence-corrected chi connectivity index (χ4v) is 10.2. The molecule has 0 aliphatic heterocycles. The summed E-state index contributed by atoms with van der Waals surface area (Å²) >= 11 is 0. The number of unbranched alkanes of at least 4 members (excludes halogenated alkanes) is 48. The van der Waals surface area contributed by atoms with E-state index >= 15 is 0 Å². The second-order valence-electron chi connectivity index (χ2n) is 22.5. The van der Waals surface area contributed by atoms with Crippen LogP contribution in [0.1, 0.15) is 361 Å². The van der Waals surface area contributed by atoms with Gasteiger partial charge in [0, 0.05) is 12.8 Å². The number of carbonyl (C=O) groups excluding carboxylic acids is 2. The molecule has 0 bridgehead atoms. The molecule has 2 unspecified atom stereocenters. The molecular weight excluding hydrogens is 887 g/mol. The second-order valence-corrected chi connectivity index (χ2v) is 22.5. The summed E-state index contributed by atoms with van der Waals surface area (Å²) in [7, 11) is 0. The van der Waals surface area contributed by atoms with Crippen LogP contribution in [0.3, 0.4) is 0 Å². The molecule has 0 spiro atoms. The van der Waals surface area contributed by atoms with Crippen LogP contribution in [0.25, 0.3) is 0 Å². The Kier molecular flexibility index (Phi) is 60.5. The Morgan fingerprint density at radius 1 is 0.375 bits per heavy atom. The second kappa shape index (κ2) is 61.9. The fourth-order valence-electron chi connectivity index (χ4n) is 10.2. The van der Waals surface area contributed by atoms with Gasteiger partial charge in [-0.05, 0) is 51.4 Å². The van der Waals surface area contributed by atoms with Crippen LogP contribution >= 0.6 is 0 Å². The maximum atomic E-state index is 12.5. The van der Waals surface area contributed by atoms with Gasteiger partial charge in [-0.2, -0.15) is 0 Å². The maximum absolute atomic E-state index is 12.5. The van der Waals surface area contributed by atoms with Crippen molar-refractivity contribution in [1.29, 1.82) is 0 Å². The molecule has 0 aliphatic rings. The van der Waals surface area contributed by atoms with Gasteiger partial charge >= 0.3 is 5.97 Å². The van der Waals surface area contributed by atoms with Crippen LogP contribution in [0.5, 0.6) is 0 Å². The Labute approximate surface area is 450 Å². The Hall–Kier alpha value is -1.66. The molecule has 0 aliphatic carbocycles. The van der Waals surface area contributed by atoms with Crippen molar-refractivity contribution in [2.45, 2.75) is 373 Å². The maximum Gasteiger partial charge on any atom is 0.305 e. The smallest absolute Gasteiger partial charge is 0.305 e. The molecule has 6 nitrogen and oxygen atoms in total. The predicted molar refractivity (Wildman–Crippen MR) is 315 cm³/mol. The van der Waals surface area contributed by atoms with Gasteiger partial charge in [-0.3, -0.25) is 9.59 Å². The largest absolute Gasteiger partial charge is 0.466 e. The normalized spacial score (nSPS) is 12.7. The Bertz CT molecular complexity index is 1120. The third-order valence-corrected chi connectivity index (χ3v) is 15.2. The number of hydrogen-bond acceptors (Lipinski definition) is 5. The number of esters is 1. The summed E-state index contributed by atoms with van der Waals surface area (Å²) in [5.74, 6) is -0.0592. The van der Waals surface area contributed by atoms with Gasteiger partial charge in [0.25, 0.3) is 0 Å². The number of rotatable bonds is 61. The zero-order chi connectivity index (χ0) is 52.2. The van der Waals surface area contributed by atoms with Gasteiger partial charge in [-0.1, -0.05) is 321 Å². The van der Waals surface area contributed by atoms with Gasteiger partial charge in [0.05, 0.1) is 25.4 Å². The van der Waals surface area contributed by atoms with Crippen molar-refractivity contribution < 1.29 is 24.5 Å². The molecule has 1 amide bonds. The highest BCUT2D eigenvalue weighted by atomic mass is 16.5. The minimum Gasteiger partial charge on any atom is -0.466 e. The number of carbonyl (C=O) groups is 2. The first-order chi connectivity index (χ1) is 35.5. The first-order valence-electron chi connectivity index (χ1n) is 32.6. The molecule has 0 saturated heterocycles. The van der Waals surface area contributed by atoms with E-state index in [1.165, 1.54) is 289 Å². The van der Waals surface area contributed by atoms with Gasteiger partial charge in [-0.25, -0.2) is 0 Å². The third-order valence-electron chi connectivity index (χ3n) is 15.2. The van der Waals surface area contributed by atoms with E-state index in [-0.39, 0.29) is 18.5 Å². The van der Waals surface area contributed by atoms with E-state index in [0.717, 1.165) is 44.9 Å². The van der Waals surface area contributed by atoms with Gasteiger partial charge in [0.1, 0.15) is 0 Å². The Morgan fingerprint density at radius 3 is 1.03 bits per heavy atom. The summed E-state index contributed by atoms with van der Waals surface area (Å²) in [4.78, 5) is 24.5. The van der Waals surface area contributed by atoms with Gasteiger partial charge in [-0.15, -0.1) is 0 Å². The van der Waals surface area contributed by atoms with Crippen LogP contribution in [-0.2, 0) is 14.3 Å². The van der Waals surface area contributed by atoms with Crippen molar-refractivity contribution in [2.75, 3.05) is 13.2 Å². The molecule has 426 valence electrons. The van der Waals surface area contributed by atoms with Crippen molar-refractivity contribution in [3.8, 4) is 0 Å². The quantitative estimate of drug-likeness (QED) is 0.0320. The standard InChI is InChI=1S/C66H127NO5/c1-3-5-7-9-11-13-15-16-17-18-19-26-29-32-35-39-42-46-50-54-58-64(69)63(62-68)67-65(70)59-55-51-47-43-40-36-33-30-27-24-22-20-21-23-25-28-31-34-37-41-45-49-53-57-61-72-66(71)60-56-52-48-44-38-14-12-10-8-6-4-2/h10,12,54,58,63-64,68-69H,3-9,11,13-53,55-57,59-62H2,1-2H3,(H,67,70)/b12-10-,58-54+. The van der Waals surface area contributed by atoms with Crippen molar-refractivity contribution in [3.63, 3.8) is 0 Å². The summed E-state index contributed by atoms with van der Waals surface area (Å²) in [5, 5.41) is 23.2. The monoisotopic (exact) mass is 1010 g/mol. The molecule has 6 heteroatoms. The topological polar surface area (TPSA) is 95.9 Å². The zero-order valence-electron chi connectivity index (χ0n) is 48.7.